The van der Waals surface area contributed by atoms with E-state index >= 15 is 0 Å². The number of rotatable bonds is 7. The summed E-state index contributed by atoms with van der Waals surface area (Å²) in [6, 6.07) is 8.75. The van der Waals surface area contributed by atoms with E-state index in [2.05, 4.69) is 0 Å². The third kappa shape index (κ3) is 3.67. The Hall–Kier alpha value is -2.92. The molecule has 34 heavy (non-hydrogen) atoms. The van der Waals surface area contributed by atoms with Crippen molar-refractivity contribution in [3.8, 4) is 34.5 Å². The zero-order valence-corrected chi connectivity index (χ0v) is 19.2. The molecule has 0 bridgehead atoms. The summed E-state index contributed by atoms with van der Waals surface area (Å²) in [5, 5.41) is 21.1. The smallest absolute Gasteiger partial charge is 0.232 e. The molecule has 3 aliphatic heterocycles. The zero-order chi connectivity index (χ0) is 23.9. The molecule has 0 saturated carbocycles. The van der Waals surface area contributed by atoms with Gasteiger partial charge in [0.2, 0.25) is 12.0 Å². The number of hydrogen-bond donors (Lipinski definition) is 2. The highest BCUT2D eigenvalue weighted by Gasteiger charge is 2.61. The molecule has 0 aromatic heterocycles. The van der Waals surface area contributed by atoms with Crippen LogP contribution in [0.5, 0.6) is 34.5 Å². The highest BCUT2D eigenvalue weighted by atomic mass is 16.7. The number of aliphatic hydroxyl groups excluding tert-OH is 1. The van der Waals surface area contributed by atoms with Crippen LogP contribution >= 0.6 is 0 Å². The van der Waals surface area contributed by atoms with Gasteiger partial charge in [0, 0.05) is 11.6 Å². The molecule has 2 saturated heterocycles. The predicted octanol–water partition coefficient (Wildman–Crippen LogP) is 1.70. The van der Waals surface area contributed by atoms with Crippen molar-refractivity contribution < 1.29 is 48.1 Å². The van der Waals surface area contributed by atoms with Crippen LogP contribution in [-0.4, -0.2) is 76.0 Å². The summed E-state index contributed by atoms with van der Waals surface area (Å²) in [5.74, 6) is 2.34. The van der Waals surface area contributed by atoms with E-state index in [-0.39, 0.29) is 26.4 Å². The second kappa shape index (κ2) is 9.03. The van der Waals surface area contributed by atoms with E-state index in [1.807, 2.05) is 0 Å². The molecule has 5 atom stereocenters. The minimum atomic E-state index is -1.43. The molecule has 10 heteroatoms. The summed E-state index contributed by atoms with van der Waals surface area (Å²) in [4.78, 5) is 0. The Morgan fingerprint density at radius 2 is 1.71 bits per heavy atom. The molecule has 0 aliphatic carbocycles. The van der Waals surface area contributed by atoms with Gasteiger partial charge in [-0.15, -0.1) is 0 Å². The Morgan fingerprint density at radius 3 is 2.38 bits per heavy atom. The predicted molar refractivity (Wildman–Crippen MR) is 117 cm³/mol. The van der Waals surface area contributed by atoms with Crippen molar-refractivity contribution in [2.24, 2.45) is 5.92 Å². The quantitative estimate of drug-likeness (QED) is 0.612. The van der Waals surface area contributed by atoms with Gasteiger partial charge in [0.05, 0.1) is 53.2 Å². The third-order valence-corrected chi connectivity index (χ3v) is 6.47. The lowest BCUT2D eigenvalue weighted by molar-refractivity contribution is -0.153. The van der Waals surface area contributed by atoms with Gasteiger partial charge < -0.3 is 48.1 Å². The van der Waals surface area contributed by atoms with Gasteiger partial charge in [-0.2, -0.15) is 0 Å². The molecular formula is C24H28O10. The second-order valence-corrected chi connectivity index (χ2v) is 8.38. The minimum Gasteiger partial charge on any atom is -0.496 e. The maximum atomic E-state index is 11.6. The average molecular weight is 476 g/mol. The molecule has 2 fully saturated rings. The molecule has 0 amide bonds. The molecule has 1 unspecified atom stereocenters. The van der Waals surface area contributed by atoms with Crippen LogP contribution in [-0.2, 0) is 9.47 Å². The maximum Gasteiger partial charge on any atom is 0.232 e. The number of para-hydroxylation sites is 1. The van der Waals surface area contributed by atoms with Crippen LogP contribution in [0.3, 0.4) is 0 Å². The van der Waals surface area contributed by atoms with Gasteiger partial charge in [-0.05, 0) is 18.2 Å². The van der Waals surface area contributed by atoms with Gasteiger partial charge >= 0.3 is 0 Å². The minimum absolute atomic E-state index is 0.0126. The first-order valence-corrected chi connectivity index (χ1v) is 11.0. The van der Waals surface area contributed by atoms with Gasteiger partial charge in [0.15, 0.2) is 34.7 Å². The van der Waals surface area contributed by atoms with Gasteiger partial charge in [-0.1, -0.05) is 6.07 Å². The normalized spacial score (nSPS) is 29.4. The summed E-state index contributed by atoms with van der Waals surface area (Å²) >= 11 is 0. The van der Waals surface area contributed by atoms with Crippen molar-refractivity contribution in [2.45, 2.75) is 24.1 Å². The lowest BCUT2D eigenvalue weighted by Crippen LogP contribution is -2.47. The maximum absolute atomic E-state index is 11.6. The zero-order valence-electron chi connectivity index (χ0n) is 19.2. The molecule has 184 valence electrons. The van der Waals surface area contributed by atoms with Gasteiger partial charge in [-0.25, -0.2) is 0 Å². The van der Waals surface area contributed by atoms with E-state index in [1.54, 1.807) is 37.4 Å². The monoisotopic (exact) mass is 476 g/mol. The summed E-state index contributed by atoms with van der Waals surface area (Å²) in [6.07, 6.45) is -2.01. The summed E-state index contributed by atoms with van der Waals surface area (Å²) < 4.78 is 46.0. The Bertz CT molecular complexity index is 1020. The molecule has 2 aromatic rings. The van der Waals surface area contributed by atoms with Crippen LogP contribution in [0.2, 0.25) is 0 Å². The van der Waals surface area contributed by atoms with Gasteiger partial charge in [0.25, 0.3) is 0 Å². The summed E-state index contributed by atoms with van der Waals surface area (Å²) in [6.45, 7) is 0.261. The van der Waals surface area contributed by atoms with Crippen molar-refractivity contribution >= 4 is 0 Å². The van der Waals surface area contributed by atoms with E-state index in [9.17, 15) is 10.2 Å². The van der Waals surface area contributed by atoms with Gasteiger partial charge in [-0.3, -0.25) is 0 Å². The van der Waals surface area contributed by atoms with Crippen molar-refractivity contribution in [2.75, 3.05) is 47.8 Å². The highest BCUT2D eigenvalue weighted by molar-refractivity contribution is 5.53. The third-order valence-electron chi connectivity index (χ3n) is 6.47. The molecule has 2 aromatic carbocycles. The molecule has 0 spiro atoms. The van der Waals surface area contributed by atoms with E-state index in [1.165, 1.54) is 14.2 Å². The first kappa shape index (κ1) is 22.9. The standard InChI is InChI=1S/C24H28O10/c1-27-16-5-4-6-17(28-2)22(16)34-23-24(26)12-32-21(15(24)11-31-23)14-7-20-19(8-18(14)29-3)30-10-13(9-25)33-20/h4-8,13,15,21,23,25-26H,9-12H2,1-3H3/t13?,15-,21-,23-,24-/m1/s1. The number of hydrogen-bond acceptors (Lipinski definition) is 10. The molecule has 3 heterocycles. The number of aliphatic hydroxyl groups is 2. The largest absolute Gasteiger partial charge is 0.496 e. The number of fused-ring (bicyclic) bond motifs is 2. The van der Waals surface area contributed by atoms with Gasteiger partial charge in [0.1, 0.15) is 12.4 Å². The SMILES string of the molecule is COc1cc2c(cc1[C@H]1OC[C@]3(O)[C@@H](Oc4c(OC)cccc4OC)OC[C@H]13)OC(CO)CO2. The van der Waals surface area contributed by atoms with Crippen LogP contribution in [0, 0.1) is 5.92 Å². The van der Waals surface area contributed by atoms with Crippen LogP contribution in [0.1, 0.15) is 11.7 Å². The Balaban J connectivity index is 1.43. The molecular weight excluding hydrogens is 448 g/mol. The lowest BCUT2D eigenvalue weighted by Gasteiger charge is -2.29. The number of benzene rings is 2. The topological polar surface area (TPSA) is 114 Å². The van der Waals surface area contributed by atoms with Crippen molar-refractivity contribution in [1.82, 2.24) is 0 Å². The molecule has 3 aliphatic rings. The molecule has 5 rings (SSSR count). The van der Waals surface area contributed by atoms with Crippen LogP contribution < -0.4 is 28.4 Å². The summed E-state index contributed by atoms with van der Waals surface area (Å²) in [7, 11) is 4.61. The van der Waals surface area contributed by atoms with E-state index in [0.717, 1.165) is 0 Å². The summed E-state index contributed by atoms with van der Waals surface area (Å²) in [5.41, 5.74) is -0.744. The molecule has 0 radical (unpaired) electrons. The fraction of sp³-hybridized carbons (Fsp3) is 0.500. The van der Waals surface area contributed by atoms with Crippen LogP contribution in [0.15, 0.2) is 30.3 Å². The lowest BCUT2D eigenvalue weighted by atomic mass is 9.85. The Kier molecular flexibility index (Phi) is 6.07. The fourth-order valence-corrected chi connectivity index (χ4v) is 4.65. The second-order valence-electron chi connectivity index (χ2n) is 8.38. The highest BCUT2D eigenvalue weighted by Crippen LogP contribution is 2.52. The van der Waals surface area contributed by atoms with E-state index in [0.29, 0.717) is 40.1 Å². The first-order chi connectivity index (χ1) is 16.5. The van der Waals surface area contributed by atoms with E-state index < -0.39 is 30.0 Å². The van der Waals surface area contributed by atoms with Crippen molar-refractivity contribution in [3.05, 3.63) is 35.9 Å². The van der Waals surface area contributed by atoms with E-state index in [4.69, 9.17) is 37.9 Å². The van der Waals surface area contributed by atoms with Crippen molar-refractivity contribution in [1.29, 1.82) is 0 Å². The van der Waals surface area contributed by atoms with Crippen molar-refractivity contribution in [3.63, 3.8) is 0 Å². The molecule has 10 nitrogen and oxygen atoms in total. The Morgan fingerprint density at radius 1 is 0.971 bits per heavy atom. The molecule has 2 N–H and O–H groups in total. The van der Waals surface area contributed by atoms with Crippen LogP contribution in [0.25, 0.3) is 0 Å². The first-order valence-electron chi connectivity index (χ1n) is 11.0. The average Bonchev–Trinajstić information content (AvgIpc) is 3.37. The number of methoxy groups -OCH3 is 3. The number of ether oxygens (including phenoxy) is 8. The Labute approximate surface area is 196 Å². The van der Waals surface area contributed by atoms with Crippen LogP contribution in [0.4, 0.5) is 0 Å². The fourth-order valence-electron chi connectivity index (χ4n) is 4.65.